The lowest BCUT2D eigenvalue weighted by Crippen LogP contribution is -2.33. The van der Waals surface area contributed by atoms with Crippen LogP contribution in [0.2, 0.25) is 0 Å². The zero-order valence-corrected chi connectivity index (χ0v) is 34.3. The van der Waals surface area contributed by atoms with E-state index in [1.807, 2.05) is 37.5 Å². The second kappa shape index (κ2) is 23.4. The third kappa shape index (κ3) is 13.3. The van der Waals surface area contributed by atoms with Gasteiger partial charge in [0.1, 0.15) is 5.82 Å². The van der Waals surface area contributed by atoms with Crippen molar-refractivity contribution < 1.29 is 0 Å². The maximum Gasteiger partial charge on any atom is 0.109 e. The summed E-state index contributed by atoms with van der Waals surface area (Å²) in [6, 6.07) is 14.2. The Bertz CT molecular complexity index is 1690. The third-order valence-corrected chi connectivity index (χ3v) is 10.3. The molecule has 0 spiro atoms. The molecule has 0 radical (unpaired) electrons. The van der Waals surface area contributed by atoms with E-state index in [-0.39, 0.29) is 0 Å². The number of hydrogen-bond acceptors (Lipinski definition) is 4. The minimum Gasteiger partial charge on any atom is -0.382 e. The second-order valence-corrected chi connectivity index (χ2v) is 14.6. The summed E-state index contributed by atoms with van der Waals surface area (Å²) in [5.41, 5.74) is 12.4. The van der Waals surface area contributed by atoms with Crippen molar-refractivity contribution in [2.24, 2.45) is 10.9 Å². The standard InChI is InChI=1S/C38H53N5.C10H16/c1-7-11-14-28(9-3)38-42-26-37(43-38)32-17-16-27(5)33(23-32)21-29(10-4)35-19-18-31(22-30(35)13-8-2)36(25-39-6)41-24-34-15-12-20-40-34;1-5-7-8-10(6-2)9(3)4/h16-19,21-23,25-26,28,34,40-41H,6-15,20,24H2,1-5H3,(H,42,43);5-9H,2H2,1,3-4H3/b29-21+,36-25-;7-5-,10-8+/t28?,34-;/m0./s1. The van der Waals surface area contributed by atoms with Gasteiger partial charge in [0.25, 0.3) is 0 Å². The van der Waals surface area contributed by atoms with E-state index >= 15 is 0 Å². The fourth-order valence-electron chi connectivity index (χ4n) is 6.93. The minimum absolute atomic E-state index is 0.498. The molecule has 4 rings (SSSR count). The lowest BCUT2D eigenvalue weighted by atomic mass is 9.90. The quantitative estimate of drug-likeness (QED) is 0.0658. The number of nitrogens with zero attached hydrogens (tertiary/aromatic N) is 2. The number of aliphatic imine (C=N–C) groups is 1. The monoisotopic (exact) mass is 716 g/mol. The molecule has 1 saturated heterocycles. The molecule has 5 heteroatoms. The first kappa shape index (κ1) is 43.2. The van der Waals surface area contributed by atoms with Crippen LogP contribution in [0.25, 0.3) is 28.6 Å². The van der Waals surface area contributed by atoms with Crippen LogP contribution in [-0.2, 0) is 6.42 Å². The fraction of sp³-hybridized carbons (Fsp3) is 0.458. The highest BCUT2D eigenvalue weighted by Gasteiger charge is 2.17. The fourth-order valence-corrected chi connectivity index (χ4v) is 6.93. The number of aromatic nitrogens is 2. The van der Waals surface area contributed by atoms with Gasteiger partial charge < -0.3 is 15.6 Å². The molecule has 3 N–H and O–H groups in total. The summed E-state index contributed by atoms with van der Waals surface area (Å²) in [5.74, 6) is 2.20. The van der Waals surface area contributed by atoms with Crippen LogP contribution in [0.15, 0.2) is 90.2 Å². The van der Waals surface area contributed by atoms with E-state index < -0.39 is 0 Å². The van der Waals surface area contributed by atoms with Gasteiger partial charge >= 0.3 is 0 Å². The number of nitrogens with one attached hydrogen (secondary N) is 3. The largest absolute Gasteiger partial charge is 0.382 e. The van der Waals surface area contributed by atoms with Gasteiger partial charge in [-0.2, -0.15) is 0 Å². The molecule has 0 aliphatic carbocycles. The summed E-state index contributed by atoms with van der Waals surface area (Å²) in [5, 5.41) is 7.22. The minimum atomic E-state index is 0.498. The third-order valence-electron chi connectivity index (χ3n) is 10.3. The van der Waals surface area contributed by atoms with Crippen molar-refractivity contribution in [3.63, 3.8) is 0 Å². The second-order valence-electron chi connectivity index (χ2n) is 14.6. The molecule has 1 aliphatic rings. The predicted molar refractivity (Wildman–Crippen MR) is 234 cm³/mol. The highest BCUT2D eigenvalue weighted by atomic mass is 15.0. The highest BCUT2D eigenvalue weighted by Crippen LogP contribution is 2.32. The van der Waals surface area contributed by atoms with E-state index in [0.717, 1.165) is 56.0 Å². The Labute approximate surface area is 323 Å². The maximum atomic E-state index is 4.80. The van der Waals surface area contributed by atoms with Crippen LogP contribution < -0.4 is 10.6 Å². The summed E-state index contributed by atoms with van der Waals surface area (Å²) >= 11 is 0. The molecule has 2 aromatic carbocycles. The first-order valence-corrected chi connectivity index (χ1v) is 20.3. The number of aromatic amines is 1. The van der Waals surface area contributed by atoms with Gasteiger partial charge in [-0.3, -0.25) is 4.99 Å². The van der Waals surface area contributed by atoms with Crippen LogP contribution in [-0.4, -0.2) is 35.8 Å². The zero-order chi connectivity index (χ0) is 38.6. The predicted octanol–water partition coefficient (Wildman–Crippen LogP) is 12.6. The van der Waals surface area contributed by atoms with Crippen LogP contribution in [0.3, 0.4) is 0 Å². The molecular formula is C48H69N5. The maximum absolute atomic E-state index is 4.80. The molecule has 5 nitrogen and oxygen atoms in total. The Morgan fingerprint density at radius 1 is 1.09 bits per heavy atom. The Hall–Kier alpha value is -4.22. The molecule has 1 unspecified atom stereocenters. The molecule has 1 fully saturated rings. The molecule has 286 valence electrons. The van der Waals surface area contributed by atoms with Crippen molar-refractivity contribution in [2.75, 3.05) is 13.1 Å². The topological polar surface area (TPSA) is 65.1 Å². The molecule has 2 atom stereocenters. The van der Waals surface area contributed by atoms with Gasteiger partial charge in [0.05, 0.1) is 17.6 Å². The highest BCUT2D eigenvalue weighted by molar-refractivity contribution is 5.85. The molecule has 1 aliphatic heterocycles. The summed E-state index contributed by atoms with van der Waals surface area (Å²) in [6.07, 6.45) is 24.7. The summed E-state index contributed by atoms with van der Waals surface area (Å²) in [7, 11) is 0. The van der Waals surface area contributed by atoms with Gasteiger partial charge in [-0.1, -0.05) is 122 Å². The van der Waals surface area contributed by atoms with E-state index in [1.165, 1.54) is 76.6 Å². The lowest BCUT2D eigenvalue weighted by Gasteiger charge is -2.18. The van der Waals surface area contributed by atoms with Crippen LogP contribution >= 0.6 is 0 Å². The van der Waals surface area contributed by atoms with E-state index in [4.69, 9.17) is 4.98 Å². The number of benzene rings is 2. The number of allylic oxidation sites excluding steroid dienone is 6. The summed E-state index contributed by atoms with van der Waals surface area (Å²) in [6.45, 7) is 27.1. The van der Waals surface area contributed by atoms with Gasteiger partial charge in [-0.25, -0.2) is 4.98 Å². The van der Waals surface area contributed by atoms with Gasteiger partial charge in [0, 0.05) is 30.3 Å². The number of unbranched alkanes of at least 4 members (excludes halogenated alkanes) is 1. The van der Waals surface area contributed by atoms with E-state index in [0.29, 0.717) is 17.9 Å². The number of aryl methyl sites for hydroxylation is 2. The molecular weight excluding hydrogens is 647 g/mol. The molecule has 1 aromatic heterocycles. The van der Waals surface area contributed by atoms with Crippen molar-refractivity contribution in [3.8, 4) is 11.3 Å². The van der Waals surface area contributed by atoms with Crippen molar-refractivity contribution in [2.45, 2.75) is 125 Å². The summed E-state index contributed by atoms with van der Waals surface area (Å²) in [4.78, 5) is 12.6. The van der Waals surface area contributed by atoms with Crippen molar-refractivity contribution in [1.82, 2.24) is 20.6 Å². The molecule has 0 saturated carbocycles. The Balaban J connectivity index is 0.000000661. The lowest BCUT2D eigenvalue weighted by molar-refractivity contribution is 0.548. The Morgan fingerprint density at radius 2 is 1.91 bits per heavy atom. The SMILES string of the molecule is C=C/C(=C\C=C/C)C(C)C.C=N/C=C(\NC[C@@H]1CCCN1)c1ccc(/C(=C/c2cc(-c3cnc(C(CC)CCCC)[nH]3)ccc2C)CC)c(CCC)c1. The molecule has 0 bridgehead atoms. The Kier molecular flexibility index (Phi) is 19.1. The van der Waals surface area contributed by atoms with Crippen LogP contribution in [0, 0.1) is 12.8 Å². The first-order valence-electron chi connectivity index (χ1n) is 20.3. The molecule has 3 aromatic rings. The van der Waals surface area contributed by atoms with Gasteiger partial charge in [0.15, 0.2) is 0 Å². The number of rotatable bonds is 19. The molecule has 53 heavy (non-hydrogen) atoms. The van der Waals surface area contributed by atoms with Crippen molar-refractivity contribution >= 4 is 24.1 Å². The molecule has 2 heterocycles. The van der Waals surface area contributed by atoms with Gasteiger partial charge in [-0.15, -0.1) is 0 Å². The van der Waals surface area contributed by atoms with Gasteiger partial charge in [0.2, 0.25) is 0 Å². The van der Waals surface area contributed by atoms with Crippen LogP contribution in [0.1, 0.15) is 139 Å². The van der Waals surface area contributed by atoms with Crippen molar-refractivity contribution in [3.05, 3.63) is 119 Å². The van der Waals surface area contributed by atoms with E-state index in [9.17, 15) is 0 Å². The van der Waals surface area contributed by atoms with Crippen LogP contribution in [0.4, 0.5) is 0 Å². The average Bonchev–Trinajstić information content (AvgIpc) is 3.88. The normalized spacial score (nSPS) is 15.8. The smallest absolute Gasteiger partial charge is 0.109 e. The molecule has 0 amide bonds. The van der Waals surface area contributed by atoms with Gasteiger partial charge in [-0.05, 0) is 123 Å². The number of hydrogen-bond donors (Lipinski definition) is 3. The van der Waals surface area contributed by atoms with Crippen molar-refractivity contribution in [1.29, 1.82) is 0 Å². The zero-order valence-electron chi connectivity index (χ0n) is 34.3. The van der Waals surface area contributed by atoms with Crippen LogP contribution in [0.5, 0.6) is 0 Å². The van der Waals surface area contributed by atoms with E-state index in [2.05, 4.69) is 131 Å². The average molecular weight is 716 g/mol. The first-order chi connectivity index (χ1) is 25.7. The summed E-state index contributed by atoms with van der Waals surface area (Å²) < 4.78 is 0. The van der Waals surface area contributed by atoms with E-state index in [1.54, 1.807) is 0 Å². The number of H-pyrrole nitrogens is 1. The Morgan fingerprint density at radius 3 is 2.53 bits per heavy atom. The number of imidazole rings is 1.